The molecule has 1 aliphatic rings. The van der Waals surface area contributed by atoms with Gasteiger partial charge >= 0.3 is 0 Å². The Morgan fingerprint density at radius 3 is 2.60 bits per heavy atom. The first-order valence-corrected chi connectivity index (χ1v) is 6.96. The Bertz CT molecular complexity index is 723. The second-order valence-electron chi connectivity index (χ2n) is 5.50. The van der Waals surface area contributed by atoms with Crippen molar-refractivity contribution in [3.05, 3.63) is 75.9 Å². The summed E-state index contributed by atoms with van der Waals surface area (Å²) in [5, 5.41) is 0. The van der Waals surface area contributed by atoms with E-state index in [1.165, 1.54) is 33.4 Å². The molecule has 0 spiro atoms. The van der Waals surface area contributed by atoms with E-state index in [1.54, 1.807) is 0 Å². The third kappa shape index (κ3) is 1.82. The van der Waals surface area contributed by atoms with Gasteiger partial charge in [0.1, 0.15) is 6.29 Å². The van der Waals surface area contributed by atoms with Crippen LogP contribution in [-0.4, -0.2) is 6.29 Å². The summed E-state index contributed by atoms with van der Waals surface area (Å²) in [6, 6.07) is 10.5. The number of fused-ring (bicyclic) bond motifs is 2. The molecule has 0 radical (unpaired) electrons. The largest absolute Gasteiger partial charge is 0.303 e. The van der Waals surface area contributed by atoms with Gasteiger partial charge in [-0.3, -0.25) is 0 Å². The minimum Gasteiger partial charge on any atom is -0.303 e. The SMILES string of the molecule is C=C1c2cccc(CC=O)c2Cc2c1ccc(C)c2C. The van der Waals surface area contributed by atoms with Gasteiger partial charge in [0.05, 0.1) is 0 Å². The predicted octanol–water partition coefficient (Wildman–Crippen LogP) is 4.01. The molecule has 0 heterocycles. The maximum absolute atomic E-state index is 10.9. The van der Waals surface area contributed by atoms with Crippen LogP contribution in [0.4, 0.5) is 0 Å². The summed E-state index contributed by atoms with van der Waals surface area (Å²) < 4.78 is 0. The number of hydrogen-bond donors (Lipinski definition) is 0. The van der Waals surface area contributed by atoms with E-state index in [4.69, 9.17) is 0 Å². The molecule has 1 aliphatic carbocycles. The van der Waals surface area contributed by atoms with Crippen molar-refractivity contribution in [2.24, 2.45) is 0 Å². The lowest BCUT2D eigenvalue weighted by atomic mass is 9.78. The fourth-order valence-electron chi connectivity index (χ4n) is 3.11. The molecule has 2 aromatic carbocycles. The van der Waals surface area contributed by atoms with Crippen LogP contribution in [0, 0.1) is 13.8 Å². The molecule has 0 bridgehead atoms. The van der Waals surface area contributed by atoms with Crippen LogP contribution in [0.2, 0.25) is 0 Å². The smallest absolute Gasteiger partial charge is 0.124 e. The quantitative estimate of drug-likeness (QED) is 0.638. The Labute approximate surface area is 120 Å². The molecule has 2 aromatic rings. The number of benzene rings is 2. The number of aldehydes is 1. The average Bonchev–Trinajstić information content (AvgIpc) is 2.45. The van der Waals surface area contributed by atoms with Crippen LogP contribution in [-0.2, 0) is 17.6 Å². The van der Waals surface area contributed by atoms with E-state index >= 15 is 0 Å². The Morgan fingerprint density at radius 1 is 1.10 bits per heavy atom. The summed E-state index contributed by atoms with van der Waals surface area (Å²) in [5.74, 6) is 0. The highest BCUT2D eigenvalue weighted by molar-refractivity contribution is 5.86. The number of carbonyl (C=O) groups is 1. The molecule has 0 saturated carbocycles. The lowest BCUT2D eigenvalue weighted by Gasteiger charge is -2.26. The van der Waals surface area contributed by atoms with Crippen molar-refractivity contribution in [2.75, 3.05) is 0 Å². The molecule has 20 heavy (non-hydrogen) atoms. The van der Waals surface area contributed by atoms with Crippen molar-refractivity contribution in [3.8, 4) is 0 Å². The normalized spacial score (nSPS) is 12.8. The molecule has 0 fully saturated rings. The van der Waals surface area contributed by atoms with E-state index < -0.39 is 0 Å². The average molecular weight is 262 g/mol. The zero-order valence-corrected chi connectivity index (χ0v) is 12.0. The third-order valence-corrected chi connectivity index (χ3v) is 4.45. The van der Waals surface area contributed by atoms with E-state index in [1.807, 2.05) is 6.07 Å². The van der Waals surface area contributed by atoms with Gasteiger partial charge in [0.15, 0.2) is 0 Å². The van der Waals surface area contributed by atoms with Crippen molar-refractivity contribution in [2.45, 2.75) is 26.7 Å². The third-order valence-electron chi connectivity index (χ3n) is 4.45. The monoisotopic (exact) mass is 262 g/mol. The zero-order valence-electron chi connectivity index (χ0n) is 12.0. The van der Waals surface area contributed by atoms with Gasteiger partial charge in [0.25, 0.3) is 0 Å². The van der Waals surface area contributed by atoms with Crippen LogP contribution < -0.4 is 0 Å². The van der Waals surface area contributed by atoms with Crippen molar-refractivity contribution in [1.29, 1.82) is 0 Å². The first-order valence-electron chi connectivity index (χ1n) is 6.96. The molecule has 0 N–H and O–H groups in total. The van der Waals surface area contributed by atoms with E-state index in [0.29, 0.717) is 6.42 Å². The maximum Gasteiger partial charge on any atom is 0.124 e. The summed E-state index contributed by atoms with van der Waals surface area (Å²) >= 11 is 0. The first-order chi connectivity index (χ1) is 9.63. The van der Waals surface area contributed by atoms with Crippen molar-refractivity contribution in [3.63, 3.8) is 0 Å². The minimum absolute atomic E-state index is 0.483. The van der Waals surface area contributed by atoms with Gasteiger partial charge in [-0.25, -0.2) is 0 Å². The Morgan fingerprint density at radius 2 is 1.85 bits per heavy atom. The van der Waals surface area contributed by atoms with E-state index in [-0.39, 0.29) is 0 Å². The number of carbonyl (C=O) groups excluding carboxylic acids is 1. The lowest BCUT2D eigenvalue weighted by Crippen LogP contribution is -2.11. The maximum atomic E-state index is 10.9. The number of rotatable bonds is 2. The summed E-state index contributed by atoms with van der Waals surface area (Å²) in [5.41, 5.74) is 9.95. The molecule has 0 amide bonds. The van der Waals surface area contributed by atoms with Gasteiger partial charge in [-0.2, -0.15) is 0 Å². The Kier molecular flexibility index (Phi) is 3.06. The second kappa shape index (κ2) is 4.75. The predicted molar refractivity (Wildman–Crippen MR) is 83.1 cm³/mol. The highest BCUT2D eigenvalue weighted by atomic mass is 16.1. The van der Waals surface area contributed by atoms with Crippen molar-refractivity contribution >= 4 is 11.9 Å². The summed E-state index contributed by atoms with van der Waals surface area (Å²) in [7, 11) is 0. The molecule has 100 valence electrons. The number of aryl methyl sites for hydroxylation is 1. The summed E-state index contributed by atoms with van der Waals surface area (Å²) in [6.45, 7) is 8.60. The standard InChI is InChI=1S/C19H18O/c1-12-7-8-17-14(3)16-6-4-5-15(9-10-20)19(16)11-18(17)13(12)2/h4-8,10H,3,9,11H2,1-2H3. The van der Waals surface area contributed by atoms with Gasteiger partial charge in [0, 0.05) is 6.42 Å². The molecule has 0 aromatic heterocycles. The zero-order chi connectivity index (χ0) is 14.3. The van der Waals surface area contributed by atoms with Crippen LogP contribution in [0.5, 0.6) is 0 Å². The van der Waals surface area contributed by atoms with Crippen molar-refractivity contribution < 1.29 is 4.79 Å². The Hall–Kier alpha value is -2.15. The van der Waals surface area contributed by atoms with Crippen LogP contribution in [0.15, 0.2) is 36.9 Å². The van der Waals surface area contributed by atoms with Crippen LogP contribution in [0.25, 0.3) is 5.57 Å². The lowest BCUT2D eigenvalue weighted by molar-refractivity contribution is -0.107. The molecular weight excluding hydrogens is 244 g/mol. The van der Waals surface area contributed by atoms with Gasteiger partial charge in [-0.05, 0) is 64.8 Å². The van der Waals surface area contributed by atoms with E-state index in [2.05, 4.69) is 44.7 Å². The first kappa shape index (κ1) is 12.9. The molecule has 1 nitrogen and oxygen atoms in total. The van der Waals surface area contributed by atoms with Crippen LogP contribution in [0.1, 0.15) is 38.9 Å². The second-order valence-corrected chi connectivity index (χ2v) is 5.50. The van der Waals surface area contributed by atoms with E-state index in [0.717, 1.165) is 23.8 Å². The van der Waals surface area contributed by atoms with Gasteiger partial charge in [0.2, 0.25) is 0 Å². The highest BCUT2D eigenvalue weighted by Crippen LogP contribution is 2.38. The Balaban J connectivity index is 2.23. The van der Waals surface area contributed by atoms with Crippen molar-refractivity contribution in [1.82, 2.24) is 0 Å². The summed E-state index contributed by atoms with van der Waals surface area (Å²) in [4.78, 5) is 10.9. The molecule has 3 rings (SSSR count). The van der Waals surface area contributed by atoms with Gasteiger partial charge in [-0.15, -0.1) is 0 Å². The van der Waals surface area contributed by atoms with Crippen LogP contribution >= 0.6 is 0 Å². The molecule has 0 atom stereocenters. The molecule has 0 unspecified atom stereocenters. The fraction of sp³-hybridized carbons (Fsp3) is 0.211. The molecule has 0 aliphatic heterocycles. The van der Waals surface area contributed by atoms with Gasteiger partial charge in [-0.1, -0.05) is 36.9 Å². The van der Waals surface area contributed by atoms with E-state index in [9.17, 15) is 4.79 Å². The highest BCUT2D eigenvalue weighted by Gasteiger charge is 2.22. The topological polar surface area (TPSA) is 17.1 Å². The molecule has 0 saturated heterocycles. The number of hydrogen-bond acceptors (Lipinski definition) is 1. The molecule has 1 heteroatoms. The minimum atomic E-state index is 0.483. The van der Waals surface area contributed by atoms with Gasteiger partial charge < -0.3 is 4.79 Å². The summed E-state index contributed by atoms with van der Waals surface area (Å²) in [6.07, 6.45) is 2.37. The van der Waals surface area contributed by atoms with Crippen LogP contribution in [0.3, 0.4) is 0 Å². The fourth-order valence-corrected chi connectivity index (χ4v) is 3.11. The molecular formula is C19H18O.